The van der Waals surface area contributed by atoms with Gasteiger partial charge in [-0.3, -0.25) is 4.90 Å². The maximum Gasteiger partial charge on any atom is 0.335 e. The Morgan fingerprint density at radius 3 is 3.14 bits per heavy atom. The lowest BCUT2D eigenvalue weighted by Gasteiger charge is -2.35. The predicted octanol–water partition coefficient (Wildman–Crippen LogP) is 1.24. The molecule has 4 N–H and O–H groups in total. The van der Waals surface area contributed by atoms with Gasteiger partial charge in [0, 0.05) is 19.1 Å². The molecular weight excluding hydrogens is 270 g/mol. The molecule has 2 fully saturated rings. The normalized spacial score (nSPS) is 25.5. The number of fused-ring (bicyclic) bond motifs is 1. The number of ether oxygens (including phenoxy) is 1. The van der Waals surface area contributed by atoms with Gasteiger partial charge in [-0.05, 0) is 37.6 Å². The minimum Gasteiger partial charge on any atom is -0.478 e. The Balaban J connectivity index is 1.56. The maximum absolute atomic E-state index is 10.9. The highest BCUT2D eigenvalue weighted by molar-refractivity contribution is 5.90. The molecule has 2 heterocycles. The lowest BCUT2D eigenvalue weighted by atomic mass is 10.1. The van der Waals surface area contributed by atoms with Crippen LogP contribution in [0.25, 0.3) is 0 Å². The van der Waals surface area contributed by atoms with Crippen LogP contribution in [0.3, 0.4) is 0 Å². The van der Waals surface area contributed by atoms with Gasteiger partial charge >= 0.3 is 5.97 Å². The number of rotatable bonds is 4. The summed E-state index contributed by atoms with van der Waals surface area (Å²) in [5, 5.41) is 12.2. The van der Waals surface area contributed by atoms with Crippen molar-refractivity contribution in [1.29, 1.82) is 0 Å². The van der Waals surface area contributed by atoms with Gasteiger partial charge in [0.15, 0.2) is 0 Å². The van der Waals surface area contributed by atoms with Crippen LogP contribution in [0.2, 0.25) is 0 Å². The molecule has 21 heavy (non-hydrogen) atoms. The van der Waals surface area contributed by atoms with Crippen molar-refractivity contribution < 1.29 is 14.6 Å². The van der Waals surface area contributed by atoms with Crippen LogP contribution in [0.5, 0.6) is 0 Å². The Morgan fingerprint density at radius 1 is 1.52 bits per heavy atom. The van der Waals surface area contributed by atoms with Crippen LogP contribution >= 0.6 is 0 Å². The number of hydrogen-bond donors (Lipinski definition) is 3. The van der Waals surface area contributed by atoms with Gasteiger partial charge in [-0.25, -0.2) is 4.79 Å². The van der Waals surface area contributed by atoms with Crippen LogP contribution in [-0.4, -0.2) is 54.4 Å². The number of benzene rings is 1. The van der Waals surface area contributed by atoms with Crippen LogP contribution in [0.15, 0.2) is 18.2 Å². The molecule has 0 saturated carbocycles. The molecule has 2 aliphatic heterocycles. The third-order valence-electron chi connectivity index (χ3n) is 4.28. The zero-order chi connectivity index (χ0) is 14.8. The zero-order valence-corrected chi connectivity index (χ0v) is 11.9. The average molecular weight is 291 g/mol. The largest absolute Gasteiger partial charge is 0.478 e. The first-order valence-electron chi connectivity index (χ1n) is 7.36. The molecule has 2 atom stereocenters. The average Bonchev–Trinajstić information content (AvgIpc) is 2.93. The number of carboxylic acid groups (broad SMARTS) is 1. The highest BCUT2D eigenvalue weighted by atomic mass is 16.5. The molecule has 6 heteroatoms. The van der Waals surface area contributed by atoms with Gasteiger partial charge in [0.2, 0.25) is 0 Å². The summed E-state index contributed by atoms with van der Waals surface area (Å²) in [4.78, 5) is 13.4. The third kappa shape index (κ3) is 3.11. The molecule has 2 unspecified atom stereocenters. The van der Waals surface area contributed by atoms with Crippen LogP contribution in [0, 0.1) is 0 Å². The van der Waals surface area contributed by atoms with Gasteiger partial charge in [0.05, 0.1) is 29.6 Å². The molecule has 0 spiro atoms. The number of aromatic carboxylic acids is 1. The number of nitrogens with one attached hydrogen (secondary N) is 1. The van der Waals surface area contributed by atoms with Crippen molar-refractivity contribution in [1.82, 2.24) is 4.90 Å². The molecule has 0 aromatic heterocycles. The van der Waals surface area contributed by atoms with E-state index in [0.29, 0.717) is 18.3 Å². The minimum atomic E-state index is -0.969. The number of hydrogen-bond acceptors (Lipinski definition) is 5. The predicted molar refractivity (Wildman–Crippen MR) is 80.6 cm³/mol. The fourth-order valence-corrected chi connectivity index (χ4v) is 3.09. The lowest BCUT2D eigenvalue weighted by Crippen LogP contribution is -2.48. The SMILES string of the molecule is Nc1cc(C(=O)O)ccc1NCC1CN2CCCC2CO1. The van der Waals surface area contributed by atoms with Gasteiger partial charge in [-0.2, -0.15) is 0 Å². The smallest absolute Gasteiger partial charge is 0.335 e. The molecule has 6 nitrogen and oxygen atoms in total. The first-order valence-corrected chi connectivity index (χ1v) is 7.36. The summed E-state index contributed by atoms with van der Waals surface area (Å²) < 4.78 is 5.88. The molecule has 0 amide bonds. The zero-order valence-electron chi connectivity index (χ0n) is 11.9. The third-order valence-corrected chi connectivity index (χ3v) is 4.28. The van der Waals surface area contributed by atoms with E-state index in [-0.39, 0.29) is 11.7 Å². The fraction of sp³-hybridized carbons (Fsp3) is 0.533. The van der Waals surface area contributed by atoms with E-state index in [2.05, 4.69) is 10.2 Å². The second-order valence-corrected chi connectivity index (χ2v) is 5.73. The molecular formula is C15H21N3O3. The molecule has 0 radical (unpaired) electrons. The van der Waals surface area contributed by atoms with E-state index in [1.807, 2.05) is 0 Å². The molecule has 3 rings (SSSR count). The Kier molecular flexibility index (Phi) is 3.98. The van der Waals surface area contributed by atoms with Crippen molar-refractivity contribution in [2.45, 2.75) is 25.0 Å². The van der Waals surface area contributed by atoms with Crippen molar-refractivity contribution >= 4 is 17.3 Å². The maximum atomic E-state index is 10.9. The summed E-state index contributed by atoms with van der Waals surface area (Å²) in [6.45, 7) is 3.60. The molecule has 0 aliphatic carbocycles. The van der Waals surface area contributed by atoms with E-state index < -0.39 is 5.97 Å². The summed E-state index contributed by atoms with van der Waals surface area (Å²) in [5.74, 6) is -0.969. The first kappa shape index (κ1) is 14.2. The standard InChI is InChI=1S/C15H21N3O3/c16-13-6-10(15(19)20)3-4-14(13)17-7-12-8-18-5-1-2-11(18)9-21-12/h3-4,6,11-12,17H,1-2,5,7-9,16H2,(H,19,20). The Morgan fingerprint density at radius 2 is 2.38 bits per heavy atom. The van der Waals surface area contributed by atoms with Crippen LogP contribution in [0.1, 0.15) is 23.2 Å². The topological polar surface area (TPSA) is 87.8 Å². The Bertz CT molecular complexity index is 535. The number of anilines is 2. The molecule has 1 aromatic rings. The minimum absolute atomic E-state index is 0.151. The number of morpholine rings is 1. The first-order chi connectivity index (χ1) is 10.1. The van der Waals surface area contributed by atoms with E-state index in [0.717, 1.165) is 18.8 Å². The Hall–Kier alpha value is -1.79. The van der Waals surface area contributed by atoms with Crippen LogP contribution < -0.4 is 11.1 Å². The molecule has 1 aromatic carbocycles. The molecule has 0 bridgehead atoms. The summed E-state index contributed by atoms with van der Waals surface area (Å²) in [7, 11) is 0. The number of nitrogen functional groups attached to an aromatic ring is 1. The van der Waals surface area contributed by atoms with Gasteiger partial charge in [-0.15, -0.1) is 0 Å². The van der Waals surface area contributed by atoms with Crippen LogP contribution in [0.4, 0.5) is 11.4 Å². The molecule has 2 aliphatic rings. The number of nitrogens with two attached hydrogens (primary N) is 1. The highest BCUT2D eigenvalue weighted by Gasteiger charge is 2.31. The van der Waals surface area contributed by atoms with E-state index in [1.165, 1.54) is 25.5 Å². The highest BCUT2D eigenvalue weighted by Crippen LogP contribution is 2.24. The van der Waals surface area contributed by atoms with Crippen molar-refractivity contribution in [3.63, 3.8) is 0 Å². The van der Waals surface area contributed by atoms with Crippen molar-refractivity contribution in [2.24, 2.45) is 0 Å². The number of nitrogens with zero attached hydrogens (tertiary/aromatic N) is 1. The van der Waals surface area contributed by atoms with Crippen molar-refractivity contribution in [3.8, 4) is 0 Å². The number of carboxylic acids is 1. The van der Waals surface area contributed by atoms with Crippen molar-refractivity contribution in [3.05, 3.63) is 23.8 Å². The van der Waals surface area contributed by atoms with Gasteiger partial charge < -0.3 is 20.9 Å². The second-order valence-electron chi connectivity index (χ2n) is 5.73. The fourth-order valence-electron chi connectivity index (χ4n) is 3.09. The van der Waals surface area contributed by atoms with Crippen molar-refractivity contribution in [2.75, 3.05) is 37.3 Å². The number of carbonyl (C=O) groups is 1. The Labute approximate surface area is 123 Å². The van der Waals surface area contributed by atoms with Crippen LogP contribution in [-0.2, 0) is 4.74 Å². The van der Waals surface area contributed by atoms with E-state index >= 15 is 0 Å². The summed E-state index contributed by atoms with van der Waals surface area (Å²) in [5.41, 5.74) is 7.29. The molecule has 114 valence electrons. The summed E-state index contributed by atoms with van der Waals surface area (Å²) in [6, 6.07) is 5.34. The monoisotopic (exact) mass is 291 g/mol. The lowest BCUT2D eigenvalue weighted by molar-refractivity contribution is -0.0415. The van der Waals surface area contributed by atoms with E-state index in [1.54, 1.807) is 12.1 Å². The van der Waals surface area contributed by atoms with E-state index in [9.17, 15) is 4.79 Å². The summed E-state index contributed by atoms with van der Waals surface area (Å²) in [6.07, 6.45) is 2.65. The summed E-state index contributed by atoms with van der Waals surface area (Å²) >= 11 is 0. The quantitative estimate of drug-likeness (QED) is 0.724. The van der Waals surface area contributed by atoms with Gasteiger partial charge in [0.1, 0.15) is 0 Å². The van der Waals surface area contributed by atoms with Gasteiger partial charge in [0.25, 0.3) is 0 Å². The molecule has 2 saturated heterocycles. The van der Waals surface area contributed by atoms with Gasteiger partial charge in [-0.1, -0.05) is 0 Å². The van der Waals surface area contributed by atoms with E-state index in [4.69, 9.17) is 15.6 Å². The second kappa shape index (κ2) is 5.91.